The SMILES string of the molecule is C=C(/C=C\C=C/C)c1cc(-c2ccccc2)cc(N(c2ccc(-c3cccc4c3oc3ccccc34)cc2)c2ccc(-c3cccc4c3oc3c5c(ccc34)-c3ccccc3-n3c4ccccc4c4cccc-5c43)cc2)c1. The molecule has 11 aromatic carbocycles. The minimum absolute atomic E-state index is 0.866. The number of hydrogen-bond acceptors (Lipinski definition) is 3. The Bertz CT molecular complexity index is 4750. The maximum atomic E-state index is 7.32. The van der Waals surface area contributed by atoms with Crippen LogP contribution in [0.1, 0.15) is 12.5 Å². The zero-order valence-corrected chi connectivity index (χ0v) is 42.2. The second-order valence-corrected chi connectivity index (χ2v) is 20.0. The van der Waals surface area contributed by atoms with Crippen LogP contribution in [0.25, 0.3) is 133 Å². The van der Waals surface area contributed by atoms with Crippen LogP contribution in [0.2, 0.25) is 0 Å². The van der Waals surface area contributed by atoms with Crippen molar-refractivity contribution in [3.05, 3.63) is 273 Å². The lowest BCUT2D eigenvalue weighted by Crippen LogP contribution is -2.10. The number of furan rings is 2. The van der Waals surface area contributed by atoms with Crippen molar-refractivity contribution in [1.29, 1.82) is 0 Å². The van der Waals surface area contributed by atoms with Crippen LogP contribution in [-0.4, -0.2) is 4.57 Å². The highest BCUT2D eigenvalue weighted by Gasteiger charge is 2.28. The van der Waals surface area contributed by atoms with E-state index in [4.69, 9.17) is 8.83 Å². The van der Waals surface area contributed by atoms with Crippen molar-refractivity contribution in [1.82, 2.24) is 4.57 Å². The highest BCUT2D eigenvalue weighted by molar-refractivity contribution is 6.22. The number of aromatic nitrogens is 1. The predicted octanol–water partition coefficient (Wildman–Crippen LogP) is 20.8. The molecule has 4 heterocycles. The quantitative estimate of drug-likeness (QED) is 0.135. The molecule has 4 nitrogen and oxygen atoms in total. The van der Waals surface area contributed by atoms with Gasteiger partial charge in [0.15, 0.2) is 0 Å². The molecule has 4 heteroatoms. The number of nitrogens with zero attached hydrogens (tertiary/aromatic N) is 2. The van der Waals surface area contributed by atoms with E-state index < -0.39 is 0 Å². The molecule has 0 amide bonds. The van der Waals surface area contributed by atoms with Gasteiger partial charge in [0, 0.05) is 77.2 Å². The Kier molecular flexibility index (Phi) is 10.2. The third kappa shape index (κ3) is 7.07. The summed E-state index contributed by atoms with van der Waals surface area (Å²) in [5.41, 5.74) is 23.2. The molecule has 1 aliphatic heterocycles. The summed E-state index contributed by atoms with van der Waals surface area (Å²) in [6.45, 7) is 6.58. The topological polar surface area (TPSA) is 34.5 Å². The van der Waals surface area contributed by atoms with Crippen molar-refractivity contribution in [2.45, 2.75) is 6.92 Å². The molecule has 0 unspecified atom stereocenters. The second-order valence-electron chi connectivity index (χ2n) is 20.0. The van der Waals surface area contributed by atoms with Gasteiger partial charge in [-0.15, -0.1) is 0 Å². The number of allylic oxidation sites excluding steroid dienone is 5. The van der Waals surface area contributed by atoms with Crippen LogP contribution in [0.15, 0.2) is 276 Å². The van der Waals surface area contributed by atoms with E-state index in [1.165, 1.54) is 33.1 Å². The molecular weight excluding hydrogens is 937 g/mol. The summed E-state index contributed by atoms with van der Waals surface area (Å²) in [5.74, 6) is 0. The molecule has 0 bridgehead atoms. The van der Waals surface area contributed by atoms with Crippen LogP contribution in [0.3, 0.4) is 0 Å². The second kappa shape index (κ2) is 17.8. The summed E-state index contributed by atoms with van der Waals surface area (Å²) in [4.78, 5) is 2.35. The first kappa shape index (κ1) is 44.3. The maximum Gasteiger partial charge on any atom is 0.143 e. The Morgan fingerprint density at radius 1 is 0.416 bits per heavy atom. The number of para-hydroxylation sites is 6. The minimum Gasteiger partial charge on any atom is -0.455 e. The average Bonchev–Trinajstić information content (AvgIpc) is 4.27. The number of benzene rings is 11. The molecule has 0 saturated heterocycles. The van der Waals surface area contributed by atoms with Crippen LogP contribution >= 0.6 is 0 Å². The van der Waals surface area contributed by atoms with Crippen LogP contribution in [0.5, 0.6) is 0 Å². The highest BCUT2D eigenvalue weighted by atomic mass is 16.3. The molecule has 77 heavy (non-hydrogen) atoms. The highest BCUT2D eigenvalue weighted by Crippen LogP contribution is 2.51. The monoisotopic (exact) mass is 984 g/mol. The fourth-order valence-corrected chi connectivity index (χ4v) is 12.1. The molecule has 1 aliphatic rings. The van der Waals surface area contributed by atoms with Gasteiger partial charge in [-0.3, -0.25) is 0 Å². The zero-order valence-electron chi connectivity index (χ0n) is 42.2. The molecule has 0 aliphatic carbocycles. The van der Waals surface area contributed by atoms with E-state index in [1.807, 2.05) is 37.3 Å². The molecular formula is C73H48N2O2. The van der Waals surface area contributed by atoms with Crippen molar-refractivity contribution in [2.75, 3.05) is 4.90 Å². The van der Waals surface area contributed by atoms with Crippen molar-refractivity contribution < 1.29 is 8.83 Å². The Morgan fingerprint density at radius 2 is 1.01 bits per heavy atom. The van der Waals surface area contributed by atoms with Gasteiger partial charge in [-0.2, -0.15) is 0 Å². The number of hydrogen-bond donors (Lipinski definition) is 0. The molecule has 3 aromatic heterocycles. The van der Waals surface area contributed by atoms with Crippen molar-refractivity contribution in [3.63, 3.8) is 0 Å². The minimum atomic E-state index is 0.866. The van der Waals surface area contributed by atoms with Crippen LogP contribution in [0, 0.1) is 0 Å². The smallest absolute Gasteiger partial charge is 0.143 e. The van der Waals surface area contributed by atoms with Crippen LogP contribution < -0.4 is 4.90 Å². The Labute approximate surface area is 445 Å². The van der Waals surface area contributed by atoms with Gasteiger partial charge in [0.25, 0.3) is 0 Å². The lowest BCUT2D eigenvalue weighted by atomic mass is 9.91. The normalized spacial score (nSPS) is 12.2. The molecule has 0 spiro atoms. The molecule has 0 radical (unpaired) electrons. The summed E-state index contributed by atoms with van der Waals surface area (Å²) < 4.78 is 16.3. The molecule has 15 rings (SSSR count). The molecule has 0 saturated carbocycles. The Morgan fingerprint density at radius 3 is 1.77 bits per heavy atom. The third-order valence-electron chi connectivity index (χ3n) is 15.6. The number of fused-ring (bicyclic) bond motifs is 15. The van der Waals surface area contributed by atoms with Gasteiger partial charge in [0.05, 0.1) is 16.7 Å². The first-order chi connectivity index (χ1) is 38.1. The van der Waals surface area contributed by atoms with E-state index >= 15 is 0 Å². The molecule has 0 atom stereocenters. The van der Waals surface area contributed by atoms with Gasteiger partial charge in [-0.1, -0.05) is 201 Å². The van der Waals surface area contributed by atoms with Gasteiger partial charge < -0.3 is 18.3 Å². The van der Waals surface area contributed by atoms with Crippen molar-refractivity contribution in [2.24, 2.45) is 0 Å². The van der Waals surface area contributed by atoms with E-state index in [0.717, 1.165) is 122 Å². The average molecular weight is 985 g/mol. The van der Waals surface area contributed by atoms with Gasteiger partial charge in [-0.05, 0) is 113 Å². The van der Waals surface area contributed by atoms with E-state index in [0.29, 0.717) is 0 Å². The van der Waals surface area contributed by atoms with Crippen molar-refractivity contribution >= 4 is 88.3 Å². The lowest BCUT2D eigenvalue weighted by molar-refractivity contribution is 0.670. The first-order valence-electron chi connectivity index (χ1n) is 26.3. The Hall–Kier alpha value is -10.2. The molecule has 362 valence electrons. The van der Waals surface area contributed by atoms with Gasteiger partial charge in [0.1, 0.15) is 22.3 Å². The summed E-state index contributed by atoms with van der Waals surface area (Å²) in [6.07, 6.45) is 8.19. The van der Waals surface area contributed by atoms with Crippen LogP contribution in [-0.2, 0) is 0 Å². The number of rotatable bonds is 9. The fourth-order valence-electron chi connectivity index (χ4n) is 12.1. The first-order valence-corrected chi connectivity index (χ1v) is 26.3. The predicted molar refractivity (Wildman–Crippen MR) is 324 cm³/mol. The van der Waals surface area contributed by atoms with Crippen LogP contribution in [0.4, 0.5) is 17.1 Å². The van der Waals surface area contributed by atoms with E-state index in [1.54, 1.807) is 0 Å². The molecule has 14 aromatic rings. The molecule has 0 N–H and O–H groups in total. The van der Waals surface area contributed by atoms with E-state index in [2.05, 4.69) is 247 Å². The summed E-state index contributed by atoms with van der Waals surface area (Å²) >= 11 is 0. The van der Waals surface area contributed by atoms with Crippen molar-refractivity contribution in [3.8, 4) is 61.3 Å². The summed E-state index contributed by atoms with van der Waals surface area (Å²) in [7, 11) is 0. The lowest BCUT2D eigenvalue weighted by Gasteiger charge is -2.27. The fraction of sp³-hybridized carbons (Fsp3) is 0.0137. The van der Waals surface area contributed by atoms with Gasteiger partial charge >= 0.3 is 0 Å². The van der Waals surface area contributed by atoms with Gasteiger partial charge in [-0.25, -0.2) is 0 Å². The third-order valence-corrected chi connectivity index (χ3v) is 15.6. The van der Waals surface area contributed by atoms with Gasteiger partial charge in [0.2, 0.25) is 0 Å². The van der Waals surface area contributed by atoms with E-state index in [9.17, 15) is 0 Å². The number of anilines is 3. The zero-order chi connectivity index (χ0) is 51.1. The summed E-state index contributed by atoms with van der Waals surface area (Å²) in [5, 5.41) is 6.88. The maximum absolute atomic E-state index is 7.32. The molecule has 0 fully saturated rings. The van der Waals surface area contributed by atoms with E-state index in [-0.39, 0.29) is 0 Å². The largest absolute Gasteiger partial charge is 0.455 e. The Balaban J connectivity index is 0.885. The standard InChI is InChI=1S/C73H48N2O2/c1-3-4-6-18-46(2)50-43-51(47-19-7-5-8-20-47)45-54(44-50)74(52-37-33-48(34-38-52)55-24-15-27-62-59-23-11-14-32-68(59)76-71(55)62)53-39-35-49(36-40-53)56-25-16-28-63-64-42-41-60-57-21-9-12-30-66(57)75-67-31-13-10-22-58(67)61-26-17-29-65(70(61)75)69(60)73(64)77-72(56)63/h3-45H,2H2,1H3/b4-3-,18-6-. The summed E-state index contributed by atoms with van der Waals surface area (Å²) in [6, 6.07) is 85.2.